The first-order valence-electron chi connectivity index (χ1n) is 9.62. The molecule has 0 aliphatic carbocycles. The van der Waals surface area contributed by atoms with Gasteiger partial charge >= 0.3 is 0 Å². The van der Waals surface area contributed by atoms with Crippen LogP contribution in [0.15, 0.2) is 48.8 Å². The van der Waals surface area contributed by atoms with Crippen LogP contribution in [0, 0.1) is 11.8 Å². The summed E-state index contributed by atoms with van der Waals surface area (Å²) in [7, 11) is 0. The van der Waals surface area contributed by atoms with Crippen LogP contribution in [0.4, 0.5) is 11.9 Å². The van der Waals surface area contributed by atoms with Crippen LogP contribution < -0.4 is 10.6 Å². The third kappa shape index (κ3) is 4.80. The lowest BCUT2D eigenvalue weighted by Gasteiger charge is -2.06. The smallest absolute Gasteiger partial charge is 0.276 e. The van der Waals surface area contributed by atoms with Gasteiger partial charge in [-0.1, -0.05) is 18.1 Å². The van der Waals surface area contributed by atoms with E-state index < -0.39 is 17.4 Å². The van der Waals surface area contributed by atoms with E-state index >= 15 is 0 Å². The first-order chi connectivity index (χ1) is 15.3. The summed E-state index contributed by atoms with van der Waals surface area (Å²) in [5.74, 6) is 4.97. The summed E-state index contributed by atoms with van der Waals surface area (Å²) in [4.78, 5) is 43.5. The second-order valence-corrected chi connectivity index (χ2v) is 7.35. The highest BCUT2D eigenvalue weighted by Crippen LogP contribution is 2.20. The van der Waals surface area contributed by atoms with Crippen LogP contribution in [0.3, 0.4) is 0 Å². The number of H-pyrrole nitrogens is 2. The number of rotatable bonds is 4. The quantitative estimate of drug-likeness (QED) is 0.314. The number of hydrogen-bond acceptors (Lipinski definition) is 6. The van der Waals surface area contributed by atoms with E-state index in [2.05, 4.69) is 47.4 Å². The highest BCUT2D eigenvalue weighted by molar-refractivity contribution is 6.11. The number of aromatic nitrogens is 5. The zero-order chi connectivity index (χ0) is 22.7. The highest BCUT2D eigenvalue weighted by Gasteiger charge is 2.16. The van der Waals surface area contributed by atoms with Crippen LogP contribution in [-0.4, -0.2) is 47.4 Å². The topological polar surface area (TPSA) is 149 Å². The van der Waals surface area contributed by atoms with E-state index in [0.29, 0.717) is 28.2 Å². The fraction of sp³-hybridized carbons (Fsp3) is 0.136. The Morgan fingerprint density at radius 2 is 1.81 bits per heavy atom. The number of amides is 2. The molecule has 2 amide bonds. The van der Waals surface area contributed by atoms with Gasteiger partial charge in [-0.3, -0.25) is 20.2 Å². The maximum Gasteiger partial charge on any atom is 0.276 e. The van der Waals surface area contributed by atoms with Crippen molar-refractivity contribution in [2.45, 2.75) is 19.4 Å². The summed E-state index contributed by atoms with van der Waals surface area (Å²) in [6.45, 7) is 3.11. The van der Waals surface area contributed by atoms with Crippen molar-refractivity contribution in [3.63, 3.8) is 0 Å². The van der Waals surface area contributed by atoms with E-state index in [0.717, 1.165) is 0 Å². The summed E-state index contributed by atoms with van der Waals surface area (Å²) in [6, 6.07) is 9.89. The molecule has 32 heavy (non-hydrogen) atoms. The lowest BCUT2D eigenvalue weighted by Crippen LogP contribution is -2.16. The van der Waals surface area contributed by atoms with Crippen LogP contribution >= 0.6 is 0 Å². The largest absolute Gasteiger partial charge is 0.378 e. The van der Waals surface area contributed by atoms with Crippen molar-refractivity contribution in [2.75, 3.05) is 10.6 Å². The molecule has 4 rings (SSSR count). The van der Waals surface area contributed by atoms with Gasteiger partial charge < -0.3 is 15.1 Å². The Morgan fingerprint density at radius 1 is 1.03 bits per heavy atom. The molecule has 0 aliphatic heterocycles. The fourth-order valence-electron chi connectivity index (χ4n) is 2.80. The summed E-state index contributed by atoms with van der Waals surface area (Å²) < 4.78 is 0. The standard InChI is InChI=1S/C22H19N7O3/c1-22(2,32)10-9-13-5-3-8-16(25-13)19(31)29-21-26-15-7-4-6-14(17(15)27-21)18(30)28-20-23-11-12-24-20/h3-8,11-12,32H,1-2H3,(H2,23,24,28,30)(H2,26,27,29,31). The van der Waals surface area contributed by atoms with Crippen molar-refractivity contribution in [1.82, 2.24) is 24.9 Å². The molecule has 0 aliphatic rings. The summed E-state index contributed by atoms with van der Waals surface area (Å²) in [6.07, 6.45) is 3.12. The van der Waals surface area contributed by atoms with Crippen LogP contribution in [0.2, 0.25) is 0 Å². The zero-order valence-electron chi connectivity index (χ0n) is 17.2. The van der Waals surface area contributed by atoms with Gasteiger partial charge in [0.05, 0.1) is 11.1 Å². The Kier molecular flexibility index (Phi) is 5.41. The Balaban J connectivity index is 1.55. The average Bonchev–Trinajstić information content (AvgIpc) is 3.40. The molecule has 10 nitrogen and oxygen atoms in total. The predicted octanol–water partition coefficient (Wildman–Crippen LogP) is 2.31. The second-order valence-electron chi connectivity index (χ2n) is 7.35. The van der Waals surface area contributed by atoms with E-state index in [1.165, 1.54) is 12.3 Å². The van der Waals surface area contributed by atoms with E-state index in [1.54, 1.807) is 50.4 Å². The fourth-order valence-corrected chi connectivity index (χ4v) is 2.80. The molecule has 0 saturated heterocycles. The SMILES string of the molecule is CC(C)(O)C#Cc1cccc(C(=O)Nc2nc3c(C(=O)Nc4ncc[nH]4)cccc3[nH]2)n1. The molecule has 0 atom stereocenters. The normalized spacial score (nSPS) is 11.0. The van der Waals surface area contributed by atoms with Crippen molar-refractivity contribution >= 4 is 34.7 Å². The minimum absolute atomic E-state index is 0.129. The first-order valence-corrected chi connectivity index (χ1v) is 9.62. The number of aliphatic hydroxyl groups is 1. The van der Waals surface area contributed by atoms with Gasteiger partial charge in [-0.2, -0.15) is 0 Å². The van der Waals surface area contributed by atoms with Gasteiger partial charge in [-0.15, -0.1) is 0 Å². The number of para-hydroxylation sites is 1. The maximum absolute atomic E-state index is 12.7. The van der Waals surface area contributed by atoms with Crippen LogP contribution in [0.5, 0.6) is 0 Å². The number of anilines is 2. The minimum atomic E-state index is -1.17. The number of carbonyl (C=O) groups excluding carboxylic acids is 2. The maximum atomic E-state index is 12.7. The van der Waals surface area contributed by atoms with E-state index in [9.17, 15) is 14.7 Å². The number of fused-ring (bicyclic) bond motifs is 1. The molecule has 5 N–H and O–H groups in total. The number of nitrogens with one attached hydrogen (secondary N) is 4. The van der Waals surface area contributed by atoms with Crippen LogP contribution in [0.1, 0.15) is 40.4 Å². The first kappa shape index (κ1) is 20.8. The molecule has 0 saturated carbocycles. The Labute approximate surface area is 182 Å². The highest BCUT2D eigenvalue weighted by atomic mass is 16.3. The molecule has 0 radical (unpaired) electrons. The van der Waals surface area contributed by atoms with Gasteiger partial charge in [-0.25, -0.2) is 15.0 Å². The molecule has 3 aromatic heterocycles. The summed E-state index contributed by atoms with van der Waals surface area (Å²) in [5, 5.41) is 15.0. The molecule has 0 fully saturated rings. The van der Waals surface area contributed by atoms with Gasteiger partial charge in [0, 0.05) is 12.4 Å². The minimum Gasteiger partial charge on any atom is -0.378 e. The molecule has 160 valence electrons. The van der Waals surface area contributed by atoms with Crippen LogP contribution in [0.25, 0.3) is 11.0 Å². The van der Waals surface area contributed by atoms with Crippen molar-refractivity contribution in [3.8, 4) is 11.8 Å². The van der Waals surface area contributed by atoms with E-state index in [4.69, 9.17) is 0 Å². The number of hydrogen-bond donors (Lipinski definition) is 5. The lowest BCUT2D eigenvalue weighted by atomic mass is 10.1. The number of aromatic amines is 2. The number of imidazole rings is 2. The van der Waals surface area contributed by atoms with Gasteiger partial charge in [0.1, 0.15) is 22.5 Å². The number of pyridine rings is 1. The van der Waals surface area contributed by atoms with E-state index in [-0.39, 0.29) is 11.6 Å². The van der Waals surface area contributed by atoms with Gasteiger partial charge in [0.15, 0.2) is 0 Å². The van der Waals surface area contributed by atoms with Crippen molar-refractivity contribution < 1.29 is 14.7 Å². The van der Waals surface area contributed by atoms with Gasteiger partial charge in [0.25, 0.3) is 11.8 Å². The number of nitrogens with zero attached hydrogens (tertiary/aromatic N) is 3. The monoisotopic (exact) mass is 429 g/mol. The summed E-state index contributed by atoms with van der Waals surface area (Å²) >= 11 is 0. The predicted molar refractivity (Wildman–Crippen MR) is 118 cm³/mol. The third-order valence-electron chi connectivity index (χ3n) is 4.20. The molecular weight excluding hydrogens is 410 g/mol. The van der Waals surface area contributed by atoms with Crippen molar-refractivity contribution in [1.29, 1.82) is 0 Å². The molecule has 0 spiro atoms. The molecule has 10 heteroatoms. The Bertz CT molecular complexity index is 1360. The number of carbonyl (C=O) groups is 2. The Hall–Kier alpha value is -4.49. The van der Waals surface area contributed by atoms with Gasteiger partial charge in [0.2, 0.25) is 11.9 Å². The molecule has 3 heterocycles. The van der Waals surface area contributed by atoms with E-state index in [1.807, 2.05) is 0 Å². The average molecular weight is 429 g/mol. The second kappa shape index (κ2) is 8.33. The molecule has 1 aromatic carbocycles. The molecular formula is C22H19N7O3. The van der Waals surface area contributed by atoms with Crippen molar-refractivity contribution in [3.05, 3.63) is 65.7 Å². The van der Waals surface area contributed by atoms with Gasteiger partial charge in [-0.05, 0) is 44.0 Å². The van der Waals surface area contributed by atoms with Crippen molar-refractivity contribution in [2.24, 2.45) is 0 Å². The third-order valence-corrected chi connectivity index (χ3v) is 4.20. The molecule has 0 bridgehead atoms. The lowest BCUT2D eigenvalue weighted by molar-refractivity contribution is 0.101. The van der Waals surface area contributed by atoms with Crippen LogP contribution in [-0.2, 0) is 0 Å². The molecule has 4 aromatic rings. The molecule has 0 unspecified atom stereocenters. The zero-order valence-corrected chi connectivity index (χ0v) is 17.2. The summed E-state index contributed by atoms with van der Waals surface area (Å²) in [5.41, 5.74) is 0.590. The Morgan fingerprint density at radius 3 is 2.56 bits per heavy atom. The number of benzene rings is 1.